The van der Waals surface area contributed by atoms with Crippen LogP contribution in [0.4, 0.5) is 0 Å². The summed E-state index contributed by atoms with van der Waals surface area (Å²) < 4.78 is 1.95. The van der Waals surface area contributed by atoms with Crippen molar-refractivity contribution in [1.29, 1.82) is 0 Å². The minimum absolute atomic E-state index is 0. The smallest absolute Gasteiger partial charge is 0.0641 e. The van der Waals surface area contributed by atoms with Crippen LogP contribution in [-0.4, -0.2) is 16.3 Å². The molecule has 0 amide bonds. The SMILES string of the molecule is Cc1nn(C)c(C)c1CNCC(C)C.Cl.Cl. The van der Waals surface area contributed by atoms with E-state index in [0.717, 1.165) is 18.8 Å². The molecule has 1 N–H and O–H groups in total. The molecule has 0 atom stereocenters. The lowest BCUT2D eigenvalue weighted by Crippen LogP contribution is -2.19. The molecule has 0 saturated heterocycles. The molecule has 0 aliphatic carbocycles. The fourth-order valence-electron chi connectivity index (χ4n) is 1.56. The molecule has 1 heterocycles. The second-order valence-corrected chi connectivity index (χ2v) is 4.30. The van der Waals surface area contributed by atoms with E-state index in [1.807, 2.05) is 11.7 Å². The van der Waals surface area contributed by atoms with Crippen molar-refractivity contribution < 1.29 is 0 Å². The number of nitrogens with one attached hydrogen (secondary N) is 1. The van der Waals surface area contributed by atoms with E-state index in [4.69, 9.17) is 0 Å². The quantitative estimate of drug-likeness (QED) is 0.909. The molecule has 0 aliphatic heterocycles. The first-order valence-corrected chi connectivity index (χ1v) is 5.22. The summed E-state index contributed by atoms with van der Waals surface area (Å²) in [6.07, 6.45) is 0. The first-order valence-electron chi connectivity index (χ1n) is 5.22. The van der Waals surface area contributed by atoms with Crippen LogP contribution in [0.3, 0.4) is 0 Å². The molecule has 3 nitrogen and oxygen atoms in total. The van der Waals surface area contributed by atoms with Gasteiger partial charge in [-0.2, -0.15) is 5.10 Å². The van der Waals surface area contributed by atoms with Gasteiger partial charge in [0.1, 0.15) is 0 Å². The molecule has 1 aromatic heterocycles. The van der Waals surface area contributed by atoms with Crippen molar-refractivity contribution in [3.05, 3.63) is 17.0 Å². The van der Waals surface area contributed by atoms with Crippen molar-refractivity contribution in [2.75, 3.05) is 6.54 Å². The molecule has 5 heteroatoms. The fourth-order valence-corrected chi connectivity index (χ4v) is 1.56. The summed E-state index contributed by atoms with van der Waals surface area (Å²) in [6, 6.07) is 0. The third kappa shape index (κ3) is 4.73. The van der Waals surface area contributed by atoms with Gasteiger partial charge in [0.2, 0.25) is 0 Å². The Kier molecular flexibility index (Phi) is 8.99. The highest BCUT2D eigenvalue weighted by atomic mass is 35.5. The summed E-state index contributed by atoms with van der Waals surface area (Å²) >= 11 is 0. The van der Waals surface area contributed by atoms with Crippen LogP contribution >= 0.6 is 24.8 Å². The first kappa shape index (κ1) is 18.1. The van der Waals surface area contributed by atoms with Crippen molar-refractivity contribution in [1.82, 2.24) is 15.1 Å². The molecule has 0 aliphatic rings. The van der Waals surface area contributed by atoms with Crippen molar-refractivity contribution >= 4 is 24.8 Å². The molecular weight excluding hydrogens is 245 g/mol. The molecule has 0 bridgehead atoms. The maximum absolute atomic E-state index is 4.39. The van der Waals surface area contributed by atoms with Gasteiger partial charge in [-0.05, 0) is 26.3 Å². The average molecular weight is 268 g/mol. The Bertz CT molecular complexity index is 308. The zero-order valence-corrected chi connectivity index (χ0v) is 12.3. The van der Waals surface area contributed by atoms with E-state index >= 15 is 0 Å². The number of hydrogen-bond donors (Lipinski definition) is 1. The summed E-state index contributed by atoms with van der Waals surface area (Å²) in [6.45, 7) is 10.6. The summed E-state index contributed by atoms with van der Waals surface area (Å²) in [5.74, 6) is 0.701. The van der Waals surface area contributed by atoms with E-state index < -0.39 is 0 Å². The highest BCUT2D eigenvalue weighted by Gasteiger charge is 2.08. The van der Waals surface area contributed by atoms with E-state index in [9.17, 15) is 0 Å². The van der Waals surface area contributed by atoms with Gasteiger partial charge in [-0.25, -0.2) is 0 Å². The third-order valence-electron chi connectivity index (χ3n) is 2.51. The van der Waals surface area contributed by atoms with Crippen LogP contribution in [0, 0.1) is 19.8 Å². The van der Waals surface area contributed by atoms with Gasteiger partial charge in [0.25, 0.3) is 0 Å². The van der Waals surface area contributed by atoms with Gasteiger partial charge in [0.05, 0.1) is 5.69 Å². The van der Waals surface area contributed by atoms with E-state index in [1.165, 1.54) is 11.3 Å². The Morgan fingerprint density at radius 1 is 1.25 bits per heavy atom. The van der Waals surface area contributed by atoms with Crippen LogP contribution in [0.25, 0.3) is 0 Å². The zero-order chi connectivity index (χ0) is 10.7. The minimum atomic E-state index is 0. The van der Waals surface area contributed by atoms with E-state index in [0.29, 0.717) is 5.92 Å². The Morgan fingerprint density at radius 3 is 2.19 bits per heavy atom. The maximum atomic E-state index is 4.39. The lowest BCUT2D eigenvalue weighted by molar-refractivity contribution is 0.550. The molecule has 0 radical (unpaired) electrons. The van der Waals surface area contributed by atoms with Crippen LogP contribution in [0.5, 0.6) is 0 Å². The molecule has 0 spiro atoms. The van der Waals surface area contributed by atoms with Crippen LogP contribution in [0.15, 0.2) is 0 Å². The predicted molar refractivity (Wildman–Crippen MR) is 73.7 cm³/mol. The molecule has 0 aromatic carbocycles. The molecular formula is C11H23Cl2N3. The fraction of sp³-hybridized carbons (Fsp3) is 0.727. The Labute approximate surface area is 111 Å². The summed E-state index contributed by atoms with van der Waals surface area (Å²) in [7, 11) is 1.99. The Morgan fingerprint density at radius 2 is 1.81 bits per heavy atom. The number of hydrogen-bond acceptors (Lipinski definition) is 2. The van der Waals surface area contributed by atoms with Crippen LogP contribution < -0.4 is 5.32 Å². The summed E-state index contributed by atoms with van der Waals surface area (Å²) in [5, 5.41) is 7.83. The number of aryl methyl sites for hydroxylation is 2. The number of aromatic nitrogens is 2. The molecule has 0 unspecified atom stereocenters. The Hall–Kier alpha value is -0.250. The molecule has 0 fully saturated rings. The zero-order valence-electron chi connectivity index (χ0n) is 10.7. The lowest BCUT2D eigenvalue weighted by atomic mass is 10.2. The molecule has 16 heavy (non-hydrogen) atoms. The third-order valence-corrected chi connectivity index (χ3v) is 2.51. The minimum Gasteiger partial charge on any atom is -0.312 e. The summed E-state index contributed by atoms with van der Waals surface area (Å²) in [4.78, 5) is 0. The van der Waals surface area contributed by atoms with E-state index in [1.54, 1.807) is 0 Å². The monoisotopic (exact) mass is 267 g/mol. The highest BCUT2D eigenvalue weighted by molar-refractivity contribution is 5.85. The van der Waals surface area contributed by atoms with Gasteiger partial charge in [0.15, 0.2) is 0 Å². The predicted octanol–water partition coefficient (Wildman–Crippen LogP) is 2.63. The van der Waals surface area contributed by atoms with Gasteiger partial charge in [-0.3, -0.25) is 4.68 Å². The normalized spacial score (nSPS) is 9.88. The first-order chi connectivity index (χ1) is 6.52. The van der Waals surface area contributed by atoms with Crippen molar-refractivity contribution in [2.45, 2.75) is 34.2 Å². The second kappa shape index (κ2) is 7.93. The van der Waals surface area contributed by atoms with Crippen molar-refractivity contribution in [3.63, 3.8) is 0 Å². The standard InChI is InChI=1S/C11H21N3.2ClH/c1-8(2)6-12-7-11-9(3)13-14(5)10(11)4;;/h8,12H,6-7H2,1-5H3;2*1H. The number of nitrogens with zero attached hydrogens (tertiary/aromatic N) is 2. The molecule has 96 valence electrons. The van der Waals surface area contributed by atoms with Crippen LogP contribution in [-0.2, 0) is 13.6 Å². The van der Waals surface area contributed by atoms with Gasteiger partial charge in [-0.15, -0.1) is 24.8 Å². The largest absolute Gasteiger partial charge is 0.312 e. The van der Waals surface area contributed by atoms with Crippen molar-refractivity contribution in [3.8, 4) is 0 Å². The summed E-state index contributed by atoms with van der Waals surface area (Å²) in [5.41, 5.74) is 3.74. The topological polar surface area (TPSA) is 29.9 Å². The van der Waals surface area contributed by atoms with Crippen LogP contribution in [0.2, 0.25) is 0 Å². The molecule has 1 rings (SSSR count). The lowest BCUT2D eigenvalue weighted by Gasteiger charge is -2.07. The average Bonchev–Trinajstić information content (AvgIpc) is 2.31. The highest BCUT2D eigenvalue weighted by Crippen LogP contribution is 2.11. The molecule has 1 aromatic rings. The van der Waals surface area contributed by atoms with E-state index in [-0.39, 0.29) is 24.8 Å². The molecule has 0 saturated carbocycles. The number of rotatable bonds is 4. The second-order valence-electron chi connectivity index (χ2n) is 4.30. The van der Waals surface area contributed by atoms with Gasteiger partial charge < -0.3 is 5.32 Å². The van der Waals surface area contributed by atoms with Crippen LogP contribution in [0.1, 0.15) is 30.8 Å². The maximum Gasteiger partial charge on any atom is 0.0641 e. The van der Waals surface area contributed by atoms with Gasteiger partial charge >= 0.3 is 0 Å². The van der Waals surface area contributed by atoms with Crippen molar-refractivity contribution in [2.24, 2.45) is 13.0 Å². The Balaban J connectivity index is 0. The number of halogens is 2. The van der Waals surface area contributed by atoms with Gasteiger partial charge in [-0.1, -0.05) is 13.8 Å². The van der Waals surface area contributed by atoms with E-state index in [2.05, 4.69) is 38.1 Å². The van der Waals surface area contributed by atoms with Gasteiger partial charge in [0, 0.05) is 24.8 Å².